The van der Waals surface area contributed by atoms with Gasteiger partial charge in [-0.25, -0.2) is 14.2 Å². The lowest BCUT2D eigenvalue weighted by molar-refractivity contribution is 0.0186. The second kappa shape index (κ2) is 11.7. The first kappa shape index (κ1) is 29.4. The minimum Gasteiger partial charge on any atom is -0.444 e. The van der Waals surface area contributed by atoms with Crippen molar-refractivity contribution in [1.82, 2.24) is 19.7 Å². The van der Waals surface area contributed by atoms with Gasteiger partial charge in [-0.2, -0.15) is 5.10 Å². The summed E-state index contributed by atoms with van der Waals surface area (Å²) in [6, 6.07) is 7.17. The number of carbonyl (C=O) groups is 1. The molecule has 0 radical (unpaired) electrons. The molecule has 2 aromatic heterocycles. The summed E-state index contributed by atoms with van der Waals surface area (Å²) in [5.74, 6) is -0.538. The Hall–Kier alpha value is -3.07. The van der Waals surface area contributed by atoms with Crippen LogP contribution in [0.5, 0.6) is 0 Å². The summed E-state index contributed by atoms with van der Waals surface area (Å²) >= 11 is 15.0. The summed E-state index contributed by atoms with van der Waals surface area (Å²) < 4.78 is 23.9. The summed E-state index contributed by atoms with van der Waals surface area (Å²) in [5.41, 5.74) is 1.84. The molecule has 6 nitrogen and oxygen atoms in total. The highest BCUT2D eigenvalue weighted by molar-refractivity contribution is 7.98. The number of aromatic nitrogens is 3. The van der Waals surface area contributed by atoms with E-state index in [2.05, 4.69) is 6.58 Å². The van der Waals surface area contributed by atoms with Crippen LogP contribution < -0.4 is 0 Å². The topological polar surface area (TPSA) is 60.2 Å². The van der Waals surface area contributed by atoms with Crippen molar-refractivity contribution in [2.45, 2.75) is 50.3 Å². The predicted octanol–water partition coefficient (Wildman–Crippen LogP) is 9.19. The molecule has 0 unspecified atom stereocenters. The molecule has 0 bridgehead atoms. The van der Waals surface area contributed by atoms with Gasteiger partial charge in [-0.1, -0.05) is 66.2 Å². The number of piperidine rings is 1. The molecule has 0 N–H and O–H groups in total. The first-order chi connectivity index (χ1) is 19.5. The Morgan fingerprint density at radius 2 is 1.95 bits per heavy atom. The Kier molecular flexibility index (Phi) is 8.37. The molecule has 214 valence electrons. The number of thioether (sulfide) groups is 1. The van der Waals surface area contributed by atoms with Crippen molar-refractivity contribution in [3.63, 3.8) is 0 Å². The van der Waals surface area contributed by atoms with Crippen LogP contribution in [0.15, 0.2) is 54.2 Å². The molecule has 0 saturated carbocycles. The highest BCUT2D eigenvalue weighted by Crippen LogP contribution is 2.43. The van der Waals surface area contributed by atoms with Gasteiger partial charge in [0.2, 0.25) is 0 Å². The van der Waals surface area contributed by atoms with Gasteiger partial charge in [-0.15, -0.1) is 11.8 Å². The highest BCUT2D eigenvalue weighted by Gasteiger charge is 2.30. The van der Waals surface area contributed by atoms with E-state index >= 15 is 4.39 Å². The SMILES string of the molecule is C=C/C=C\c1cccc(-c2c(Cl)cc3c(nc(SC)c4cnn(C5CCN(C(=O)OC(C)(C)C)CC5)c43)c2F)c1Cl. The Labute approximate surface area is 253 Å². The molecule has 41 heavy (non-hydrogen) atoms. The van der Waals surface area contributed by atoms with Crippen LogP contribution in [0, 0.1) is 5.82 Å². The summed E-state index contributed by atoms with van der Waals surface area (Å²) in [6.07, 6.45) is 9.97. The molecule has 4 aromatic rings. The molecule has 3 heterocycles. The molecule has 1 aliphatic rings. The van der Waals surface area contributed by atoms with E-state index in [1.165, 1.54) is 11.8 Å². The lowest BCUT2D eigenvalue weighted by Gasteiger charge is -2.33. The number of amides is 1. The van der Waals surface area contributed by atoms with Crippen LogP contribution >= 0.6 is 35.0 Å². The van der Waals surface area contributed by atoms with Gasteiger partial charge in [0.25, 0.3) is 0 Å². The summed E-state index contributed by atoms with van der Waals surface area (Å²) in [6.45, 7) is 10.3. The normalized spacial score (nSPS) is 14.9. The first-order valence-electron chi connectivity index (χ1n) is 13.3. The number of halogens is 3. The first-order valence-corrected chi connectivity index (χ1v) is 15.3. The standard InChI is InChI=1S/C31H31Cl2FN4O2S/c1-6-7-9-18-10-8-11-20(25(18)33)24-23(32)16-21-27(26(24)34)36-29(41-5)22-17-35-38(28(21)22)19-12-14-37(15-13-19)30(39)40-31(2,3)4/h6-11,16-17,19H,1,12-15H2,2-5H3/b9-7-. The van der Waals surface area contributed by atoms with Gasteiger partial charge < -0.3 is 9.64 Å². The van der Waals surface area contributed by atoms with E-state index in [-0.39, 0.29) is 28.2 Å². The third-order valence-corrected chi connectivity index (χ3v) is 8.47. The van der Waals surface area contributed by atoms with Crippen molar-refractivity contribution in [3.8, 4) is 11.1 Å². The number of ether oxygens (including phenoxy) is 1. The Bertz CT molecular complexity index is 1690. The number of hydrogen-bond donors (Lipinski definition) is 0. The van der Waals surface area contributed by atoms with Crippen molar-refractivity contribution < 1.29 is 13.9 Å². The van der Waals surface area contributed by atoms with Crippen molar-refractivity contribution in [2.24, 2.45) is 0 Å². The number of nitrogens with zero attached hydrogens (tertiary/aromatic N) is 4. The van der Waals surface area contributed by atoms with Crippen LogP contribution in [0.2, 0.25) is 10.0 Å². The molecule has 2 aromatic carbocycles. The Morgan fingerprint density at radius 3 is 2.61 bits per heavy atom. The molecule has 0 spiro atoms. The zero-order valence-electron chi connectivity index (χ0n) is 23.4. The summed E-state index contributed by atoms with van der Waals surface area (Å²) in [7, 11) is 0. The van der Waals surface area contributed by atoms with E-state index in [4.69, 9.17) is 38.0 Å². The molecular weight excluding hydrogens is 582 g/mol. The number of allylic oxidation sites excluding steroid dienone is 2. The zero-order chi connectivity index (χ0) is 29.5. The minimum absolute atomic E-state index is 0.00998. The molecule has 0 atom stereocenters. The van der Waals surface area contributed by atoms with Gasteiger partial charge in [0.05, 0.1) is 33.2 Å². The number of hydrogen-bond acceptors (Lipinski definition) is 5. The molecule has 10 heteroatoms. The average Bonchev–Trinajstić information content (AvgIpc) is 3.38. The number of benzene rings is 2. The van der Waals surface area contributed by atoms with E-state index in [1.54, 1.807) is 35.4 Å². The number of pyridine rings is 1. The molecular formula is C31H31Cl2FN4O2S. The fraction of sp³-hybridized carbons (Fsp3) is 0.323. The fourth-order valence-electron chi connectivity index (χ4n) is 5.19. The van der Waals surface area contributed by atoms with Crippen molar-refractivity contribution in [2.75, 3.05) is 19.3 Å². The largest absolute Gasteiger partial charge is 0.444 e. The van der Waals surface area contributed by atoms with Crippen LogP contribution in [0.3, 0.4) is 0 Å². The molecule has 5 rings (SSSR count). The molecule has 1 amide bonds. The van der Waals surface area contributed by atoms with Gasteiger partial charge in [0.1, 0.15) is 16.1 Å². The maximum Gasteiger partial charge on any atom is 0.410 e. The summed E-state index contributed by atoms with van der Waals surface area (Å²) in [4.78, 5) is 19.0. The Balaban J connectivity index is 1.60. The number of rotatable bonds is 5. The van der Waals surface area contributed by atoms with Gasteiger partial charge in [-0.05, 0) is 51.5 Å². The monoisotopic (exact) mass is 612 g/mol. The van der Waals surface area contributed by atoms with Gasteiger partial charge in [0.15, 0.2) is 5.82 Å². The van der Waals surface area contributed by atoms with Crippen LogP contribution in [-0.4, -0.2) is 50.7 Å². The van der Waals surface area contributed by atoms with Crippen molar-refractivity contribution in [3.05, 3.63) is 70.6 Å². The molecule has 1 saturated heterocycles. The lowest BCUT2D eigenvalue weighted by Crippen LogP contribution is -2.42. The van der Waals surface area contributed by atoms with Gasteiger partial charge in [0, 0.05) is 29.6 Å². The third kappa shape index (κ3) is 5.70. The van der Waals surface area contributed by atoms with E-state index < -0.39 is 11.4 Å². The molecule has 1 fully saturated rings. The quantitative estimate of drug-likeness (QED) is 0.166. The minimum atomic E-state index is -0.553. The van der Waals surface area contributed by atoms with Crippen molar-refractivity contribution >= 4 is 68.9 Å². The maximum atomic E-state index is 16.4. The van der Waals surface area contributed by atoms with E-state index in [0.717, 1.165) is 16.5 Å². The third-order valence-electron chi connectivity index (χ3n) is 7.05. The number of likely N-dealkylation sites (tertiary alicyclic amines) is 1. The van der Waals surface area contributed by atoms with Gasteiger partial charge in [-0.3, -0.25) is 4.68 Å². The lowest BCUT2D eigenvalue weighted by atomic mass is 9.99. The van der Waals surface area contributed by atoms with Gasteiger partial charge >= 0.3 is 6.09 Å². The van der Waals surface area contributed by atoms with Crippen LogP contribution in [-0.2, 0) is 4.74 Å². The average molecular weight is 614 g/mol. The van der Waals surface area contributed by atoms with E-state index in [1.807, 2.05) is 49.9 Å². The highest BCUT2D eigenvalue weighted by atomic mass is 35.5. The smallest absolute Gasteiger partial charge is 0.410 e. The van der Waals surface area contributed by atoms with Crippen LogP contribution in [0.1, 0.15) is 45.2 Å². The molecule has 0 aliphatic carbocycles. The number of fused-ring (bicyclic) bond motifs is 3. The second-order valence-electron chi connectivity index (χ2n) is 10.9. The van der Waals surface area contributed by atoms with Crippen LogP contribution in [0.4, 0.5) is 9.18 Å². The maximum absolute atomic E-state index is 16.4. The second-order valence-corrected chi connectivity index (χ2v) is 12.5. The molecule has 1 aliphatic heterocycles. The van der Waals surface area contributed by atoms with Crippen molar-refractivity contribution in [1.29, 1.82) is 0 Å². The predicted molar refractivity (Wildman–Crippen MR) is 168 cm³/mol. The van der Waals surface area contributed by atoms with E-state index in [0.29, 0.717) is 46.9 Å². The summed E-state index contributed by atoms with van der Waals surface area (Å²) in [5, 5.41) is 7.43. The fourth-order valence-corrected chi connectivity index (χ4v) is 6.32. The number of carbonyl (C=O) groups excluding carboxylic acids is 1. The van der Waals surface area contributed by atoms with Crippen LogP contribution in [0.25, 0.3) is 39.0 Å². The zero-order valence-corrected chi connectivity index (χ0v) is 25.7. The van der Waals surface area contributed by atoms with E-state index in [9.17, 15) is 4.79 Å². The Morgan fingerprint density at radius 1 is 1.22 bits per heavy atom.